The molecule has 0 saturated carbocycles. The van der Waals surface area contributed by atoms with Crippen molar-refractivity contribution in [3.05, 3.63) is 46.4 Å². The third-order valence-electron chi connectivity index (χ3n) is 2.77. The summed E-state index contributed by atoms with van der Waals surface area (Å²) in [5.74, 6) is -1.05. The normalized spacial score (nSPS) is 10.1. The molecule has 7 heteroatoms. The Morgan fingerprint density at radius 3 is 2.77 bits per heavy atom. The highest BCUT2D eigenvalue weighted by molar-refractivity contribution is 7.09. The van der Waals surface area contributed by atoms with Crippen LogP contribution in [0.25, 0.3) is 0 Å². The molecule has 1 heterocycles. The van der Waals surface area contributed by atoms with Crippen LogP contribution in [0.4, 0.5) is 15.8 Å². The maximum atomic E-state index is 13.5. The van der Waals surface area contributed by atoms with E-state index in [9.17, 15) is 14.0 Å². The molecule has 0 aliphatic rings. The van der Waals surface area contributed by atoms with Crippen molar-refractivity contribution in [2.45, 2.75) is 13.5 Å². The van der Waals surface area contributed by atoms with Gasteiger partial charge in [0.15, 0.2) is 0 Å². The number of halogens is 1. The third kappa shape index (κ3) is 4.85. The van der Waals surface area contributed by atoms with Crippen LogP contribution in [0.5, 0.6) is 0 Å². The highest BCUT2D eigenvalue weighted by Crippen LogP contribution is 2.19. The van der Waals surface area contributed by atoms with Crippen molar-refractivity contribution in [3.8, 4) is 0 Å². The van der Waals surface area contributed by atoms with Gasteiger partial charge in [0.1, 0.15) is 5.82 Å². The van der Waals surface area contributed by atoms with Gasteiger partial charge in [-0.3, -0.25) is 9.59 Å². The second-order valence-electron chi connectivity index (χ2n) is 4.59. The Labute approximate surface area is 131 Å². The molecule has 2 amide bonds. The highest BCUT2D eigenvalue weighted by atomic mass is 32.1. The Morgan fingerprint density at radius 1 is 1.27 bits per heavy atom. The maximum Gasteiger partial charge on any atom is 0.239 e. The summed E-state index contributed by atoms with van der Waals surface area (Å²) >= 11 is 1.57. The summed E-state index contributed by atoms with van der Waals surface area (Å²) in [4.78, 5) is 23.8. The van der Waals surface area contributed by atoms with Gasteiger partial charge in [-0.25, -0.2) is 4.39 Å². The van der Waals surface area contributed by atoms with E-state index >= 15 is 0 Å². The molecule has 0 saturated heterocycles. The first-order valence-electron chi connectivity index (χ1n) is 6.64. The number of anilines is 2. The summed E-state index contributed by atoms with van der Waals surface area (Å²) in [6.07, 6.45) is 0. The Balaban J connectivity index is 1.85. The number of hydrogen-bond donors (Lipinski definition) is 3. The summed E-state index contributed by atoms with van der Waals surface area (Å²) < 4.78 is 13.5. The molecule has 0 spiro atoms. The van der Waals surface area contributed by atoms with E-state index in [0.29, 0.717) is 12.2 Å². The lowest BCUT2D eigenvalue weighted by Crippen LogP contribution is -2.29. The molecule has 2 rings (SSSR count). The van der Waals surface area contributed by atoms with E-state index in [-0.39, 0.29) is 24.0 Å². The van der Waals surface area contributed by atoms with Crippen LogP contribution in [-0.4, -0.2) is 18.4 Å². The number of hydrogen-bond acceptors (Lipinski definition) is 4. The van der Waals surface area contributed by atoms with Gasteiger partial charge in [0, 0.05) is 17.5 Å². The molecule has 3 N–H and O–H groups in total. The molecule has 0 fully saturated rings. The molecule has 0 bridgehead atoms. The molecule has 5 nitrogen and oxygen atoms in total. The number of nitrogens with one attached hydrogen (secondary N) is 3. The average molecular weight is 321 g/mol. The van der Waals surface area contributed by atoms with Gasteiger partial charge in [-0.15, -0.1) is 11.3 Å². The van der Waals surface area contributed by atoms with E-state index < -0.39 is 5.82 Å². The molecule has 22 heavy (non-hydrogen) atoms. The van der Waals surface area contributed by atoms with Crippen molar-refractivity contribution < 1.29 is 14.0 Å². The number of benzene rings is 1. The SMILES string of the molecule is CC(=O)Nc1cc(NCC(=O)NCc2cccs2)ccc1F. The predicted molar refractivity (Wildman–Crippen MR) is 85.4 cm³/mol. The van der Waals surface area contributed by atoms with E-state index in [1.54, 1.807) is 11.3 Å². The van der Waals surface area contributed by atoms with Crippen molar-refractivity contribution in [2.24, 2.45) is 0 Å². The third-order valence-corrected chi connectivity index (χ3v) is 3.65. The number of rotatable bonds is 6. The van der Waals surface area contributed by atoms with Crippen molar-refractivity contribution in [2.75, 3.05) is 17.2 Å². The van der Waals surface area contributed by atoms with Crippen LogP contribution in [0.15, 0.2) is 35.7 Å². The molecule has 2 aromatic rings. The smallest absolute Gasteiger partial charge is 0.239 e. The molecule has 116 valence electrons. The van der Waals surface area contributed by atoms with Crippen LogP contribution in [0.3, 0.4) is 0 Å². The van der Waals surface area contributed by atoms with Crippen LogP contribution in [0.1, 0.15) is 11.8 Å². The number of thiophene rings is 1. The molecule has 1 aromatic heterocycles. The lowest BCUT2D eigenvalue weighted by Gasteiger charge is -2.10. The van der Waals surface area contributed by atoms with Crippen LogP contribution < -0.4 is 16.0 Å². The van der Waals surface area contributed by atoms with Gasteiger partial charge >= 0.3 is 0 Å². The molecular weight excluding hydrogens is 305 g/mol. The van der Waals surface area contributed by atoms with E-state index in [1.165, 1.54) is 25.1 Å². The van der Waals surface area contributed by atoms with Crippen LogP contribution in [0, 0.1) is 5.82 Å². The zero-order valence-electron chi connectivity index (χ0n) is 12.0. The van der Waals surface area contributed by atoms with Gasteiger partial charge in [-0.2, -0.15) is 0 Å². The van der Waals surface area contributed by atoms with Crippen LogP contribution in [-0.2, 0) is 16.1 Å². The summed E-state index contributed by atoms with van der Waals surface area (Å²) in [6.45, 7) is 1.85. The minimum atomic E-state index is -0.525. The Bertz CT molecular complexity index is 659. The molecule has 0 atom stereocenters. The second-order valence-corrected chi connectivity index (χ2v) is 5.62. The first-order valence-corrected chi connectivity index (χ1v) is 7.52. The van der Waals surface area contributed by atoms with E-state index in [0.717, 1.165) is 4.88 Å². The fourth-order valence-corrected chi connectivity index (χ4v) is 2.41. The van der Waals surface area contributed by atoms with Crippen molar-refractivity contribution in [1.29, 1.82) is 0 Å². The monoisotopic (exact) mass is 321 g/mol. The lowest BCUT2D eigenvalue weighted by atomic mass is 10.2. The van der Waals surface area contributed by atoms with E-state index in [1.807, 2.05) is 17.5 Å². The second kappa shape index (κ2) is 7.56. The molecule has 0 unspecified atom stereocenters. The fourth-order valence-electron chi connectivity index (χ4n) is 1.76. The number of carbonyl (C=O) groups excluding carboxylic acids is 2. The molecule has 0 radical (unpaired) electrons. The van der Waals surface area contributed by atoms with Gasteiger partial charge in [-0.05, 0) is 29.6 Å². The van der Waals surface area contributed by atoms with Crippen LogP contribution >= 0.6 is 11.3 Å². The van der Waals surface area contributed by atoms with Gasteiger partial charge < -0.3 is 16.0 Å². The summed E-state index contributed by atoms with van der Waals surface area (Å²) in [5, 5.41) is 10.0. The van der Waals surface area contributed by atoms with E-state index in [4.69, 9.17) is 0 Å². The Kier molecular flexibility index (Phi) is 5.48. The zero-order chi connectivity index (χ0) is 15.9. The van der Waals surface area contributed by atoms with Crippen molar-refractivity contribution in [1.82, 2.24) is 5.32 Å². The van der Waals surface area contributed by atoms with Gasteiger partial charge in [-0.1, -0.05) is 6.07 Å². The highest BCUT2D eigenvalue weighted by Gasteiger charge is 2.06. The van der Waals surface area contributed by atoms with E-state index in [2.05, 4.69) is 16.0 Å². The number of amides is 2. The summed E-state index contributed by atoms with van der Waals surface area (Å²) in [7, 11) is 0. The average Bonchev–Trinajstić information content (AvgIpc) is 2.98. The predicted octanol–water partition coefficient (Wildman–Crippen LogP) is 2.57. The molecular formula is C15H16FN3O2S. The van der Waals surface area contributed by atoms with Crippen molar-refractivity contribution in [3.63, 3.8) is 0 Å². The molecule has 1 aromatic carbocycles. The summed E-state index contributed by atoms with van der Waals surface area (Å²) in [6, 6.07) is 8.05. The van der Waals surface area contributed by atoms with Gasteiger partial charge in [0.25, 0.3) is 0 Å². The van der Waals surface area contributed by atoms with Gasteiger partial charge in [0.05, 0.1) is 18.8 Å². The fraction of sp³-hybridized carbons (Fsp3) is 0.200. The molecule has 0 aliphatic heterocycles. The topological polar surface area (TPSA) is 70.2 Å². The first kappa shape index (κ1) is 16.0. The maximum absolute atomic E-state index is 13.5. The Morgan fingerprint density at radius 2 is 2.09 bits per heavy atom. The zero-order valence-corrected chi connectivity index (χ0v) is 12.8. The molecule has 0 aliphatic carbocycles. The van der Waals surface area contributed by atoms with Crippen molar-refractivity contribution >= 4 is 34.5 Å². The summed E-state index contributed by atoms with van der Waals surface area (Å²) in [5.41, 5.74) is 0.632. The minimum Gasteiger partial charge on any atom is -0.376 e. The quantitative estimate of drug-likeness (QED) is 0.766. The van der Waals surface area contributed by atoms with Gasteiger partial charge in [0.2, 0.25) is 11.8 Å². The van der Waals surface area contributed by atoms with Crippen LogP contribution in [0.2, 0.25) is 0 Å². The largest absolute Gasteiger partial charge is 0.376 e. The Hall–Kier alpha value is -2.41. The first-order chi connectivity index (χ1) is 10.5. The minimum absolute atomic E-state index is 0.0660. The lowest BCUT2D eigenvalue weighted by molar-refractivity contribution is -0.119. The standard InChI is InChI=1S/C15H16FN3O2S/c1-10(20)19-14-7-11(4-5-13(14)16)17-9-15(21)18-8-12-3-2-6-22-12/h2-7,17H,8-9H2,1H3,(H,18,21)(H,19,20). The number of carbonyl (C=O) groups is 2.